The first kappa shape index (κ1) is 10.3. The van der Waals surface area contributed by atoms with Crippen LogP contribution in [-0.4, -0.2) is 19.0 Å². The molecule has 0 saturated heterocycles. The minimum atomic E-state index is 0.119. The number of aryl methyl sites for hydroxylation is 1. The van der Waals surface area contributed by atoms with Gasteiger partial charge in [-0.1, -0.05) is 29.8 Å². The first-order valence-electron chi connectivity index (χ1n) is 4.69. The van der Waals surface area contributed by atoms with E-state index in [4.69, 9.17) is 0 Å². The maximum Gasteiger partial charge on any atom is 0.0398 e. The van der Waals surface area contributed by atoms with Gasteiger partial charge in [-0.05, 0) is 40.4 Å². The van der Waals surface area contributed by atoms with Gasteiger partial charge in [0.1, 0.15) is 0 Å². The fourth-order valence-corrected chi connectivity index (χ4v) is 1.22. The summed E-state index contributed by atoms with van der Waals surface area (Å²) in [6, 6.07) is 8.74. The minimum absolute atomic E-state index is 0.119. The summed E-state index contributed by atoms with van der Waals surface area (Å²) in [5, 5.41) is 0. The van der Waals surface area contributed by atoms with E-state index in [1.54, 1.807) is 0 Å². The van der Waals surface area contributed by atoms with E-state index in [1.165, 1.54) is 11.1 Å². The van der Waals surface area contributed by atoms with Crippen LogP contribution in [-0.2, 0) is 5.54 Å². The van der Waals surface area contributed by atoms with Crippen molar-refractivity contribution in [2.24, 2.45) is 0 Å². The molecule has 0 aromatic heterocycles. The highest BCUT2D eigenvalue weighted by atomic mass is 15.1. The van der Waals surface area contributed by atoms with Gasteiger partial charge in [-0.2, -0.15) is 0 Å². The minimum Gasteiger partial charge on any atom is -0.300 e. The molecule has 0 N–H and O–H groups in total. The quantitative estimate of drug-likeness (QED) is 0.671. The lowest BCUT2D eigenvalue weighted by molar-refractivity contribution is 0.197. The molecule has 1 aromatic rings. The Balaban J connectivity index is 3.01. The SMILES string of the molecule is Cc1ccc(C(C)(C)N(C)C)cc1. The van der Waals surface area contributed by atoms with Crippen molar-refractivity contribution in [3.05, 3.63) is 35.4 Å². The van der Waals surface area contributed by atoms with Crippen LogP contribution in [0, 0.1) is 6.92 Å². The van der Waals surface area contributed by atoms with E-state index in [2.05, 4.69) is 64.0 Å². The number of rotatable bonds is 2. The third-order valence-corrected chi connectivity index (χ3v) is 2.88. The van der Waals surface area contributed by atoms with E-state index >= 15 is 0 Å². The van der Waals surface area contributed by atoms with Gasteiger partial charge in [0.2, 0.25) is 0 Å². The van der Waals surface area contributed by atoms with Crippen LogP contribution in [0.4, 0.5) is 0 Å². The lowest BCUT2D eigenvalue weighted by atomic mass is 9.92. The summed E-state index contributed by atoms with van der Waals surface area (Å²) in [6.45, 7) is 6.59. The molecule has 0 fully saturated rings. The largest absolute Gasteiger partial charge is 0.300 e. The van der Waals surface area contributed by atoms with E-state index in [9.17, 15) is 0 Å². The van der Waals surface area contributed by atoms with Gasteiger partial charge in [0.15, 0.2) is 0 Å². The Hall–Kier alpha value is -0.820. The van der Waals surface area contributed by atoms with Gasteiger partial charge in [0.05, 0.1) is 0 Å². The first-order chi connectivity index (χ1) is 5.94. The average molecular weight is 177 g/mol. The fraction of sp³-hybridized carbons (Fsp3) is 0.500. The number of nitrogens with zero attached hydrogens (tertiary/aromatic N) is 1. The normalized spacial score (nSPS) is 12.2. The fourth-order valence-electron chi connectivity index (χ4n) is 1.22. The molecule has 1 nitrogen and oxygen atoms in total. The van der Waals surface area contributed by atoms with Crippen LogP contribution in [0.1, 0.15) is 25.0 Å². The van der Waals surface area contributed by atoms with Gasteiger partial charge < -0.3 is 4.90 Å². The molecule has 0 aliphatic heterocycles. The van der Waals surface area contributed by atoms with Crippen LogP contribution in [0.5, 0.6) is 0 Å². The number of hydrogen-bond donors (Lipinski definition) is 0. The first-order valence-corrected chi connectivity index (χ1v) is 4.69. The molecule has 72 valence electrons. The molecular formula is C12H19N. The zero-order valence-electron chi connectivity index (χ0n) is 9.26. The lowest BCUT2D eigenvalue weighted by Crippen LogP contribution is -2.35. The molecule has 0 aliphatic rings. The third-order valence-electron chi connectivity index (χ3n) is 2.88. The van der Waals surface area contributed by atoms with Crippen molar-refractivity contribution in [1.29, 1.82) is 0 Å². The highest BCUT2D eigenvalue weighted by Crippen LogP contribution is 2.24. The molecule has 0 amide bonds. The summed E-state index contributed by atoms with van der Waals surface area (Å²) in [5.41, 5.74) is 2.80. The van der Waals surface area contributed by atoms with E-state index in [0.717, 1.165) is 0 Å². The summed E-state index contributed by atoms with van der Waals surface area (Å²) in [5.74, 6) is 0. The van der Waals surface area contributed by atoms with Crippen LogP contribution in [0.25, 0.3) is 0 Å². The summed E-state index contributed by atoms with van der Waals surface area (Å²) < 4.78 is 0. The van der Waals surface area contributed by atoms with Crippen molar-refractivity contribution in [2.45, 2.75) is 26.3 Å². The van der Waals surface area contributed by atoms with E-state index in [1.807, 2.05) is 0 Å². The van der Waals surface area contributed by atoms with Crippen LogP contribution < -0.4 is 0 Å². The molecule has 0 saturated carbocycles. The molecule has 0 bridgehead atoms. The summed E-state index contributed by atoms with van der Waals surface area (Å²) >= 11 is 0. The Kier molecular flexibility index (Phi) is 2.77. The van der Waals surface area contributed by atoms with Crippen LogP contribution >= 0.6 is 0 Å². The van der Waals surface area contributed by atoms with E-state index < -0.39 is 0 Å². The predicted octanol–water partition coefficient (Wildman–Crippen LogP) is 2.79. The molecule has 13 heavy (non-hydrogen) atoms. The molecular weight excluding hydrogens is 158 g/mol. The molecule has 1 rings (SSSR count). The maximum absolute atomic E-state index is 2.23. The van der Waals surface area contributed by atoms with Crippen LogP contribution in [0.2, 0.25) is 0 Å². The van der Waals surface area contributed by atoms with Gasteiger partial charge in [-0.3, -0.25) is 0 Å². The third kappa shape index (κ3) is 2.10. The molecule has 0 atom stereocenters. The van der Waals surface area contributed by atoms with Crippen molar-refractivity contribution in [2.75, 3.05) is 14.1 Å². The van der Waals surface area contributed by atoms with Crippen molar-refractivity contribution < 1.29 is 0 Å². The summed E-state index contributed by atoms with van der Waals surface area (Å²) in [6.07, 6.45) is 0. The Labute approximate surface area is 81.4 Å². The second kappa shape index (κ2) is 3.51. The maximum atomic E-state index is 2.23. The van der Waals surface area contributed by atoms with E-state index in [0.29, 0.717) is 0 Å². The van der Waals surface area contributed by atoms with Gasteiger partial charge in [0.25, 0.3) is 0 Å². The molecule has 0 radical (unpaired) electrons. The lowest BCUT2D eigenvalue weighted by Gasteiger charge is -2.33. The Morgan fingerprint density at radius 1 is 1.00 bits per heavy atom. The second-order valence-corrected chi connectivity index (χ2v) is 4.32. The van der Waals surface area contributed by atoms with Crippen molar-refractivity contribution >= 4 is 0 Å². The zero-order valence-corrected chi connectivity index (χ0v) is 9.26. The van der Waals surface area contributed by atoms with Gasteiger partial charge in [0, 0.05) is 5.54 Å². The molecule has 0 heterocycles. The molecule has 0 unspecified atom stereocenters. The van der Waals surface area contributed by atoms with Crippen molar-refractivity contribution in [3.63, 3.8) is 0 Å². The number of benzene rings is 1. The van der Waals surface area contributed by atoms with Crippen LogP contribution in [0.15, 0.2) is 24.3 Å². The van der Waals surface area contributed by atoms with Crippen molar-refractivity contribution in [1.82, 2.24) is 4.90 Å². The molecule has 0 aliphatic carbocycles. The van der Waals surface area contributed by atoms with Crippen LogP contribution in [0.3, 0.4) is 0 Å². The summed E-state index contributed by atoms with van der Waals surface area (Å²) in [7, 11) is 4.22. The smallest absolute Gasteiger partial charge is 0.0398 e. The standard InChI is InChI=1S/C12H19N/c1-10-6-8-11(9-7-10)12(2,3)13(4)5/h6-9H,1-5H3. The van der Waals surface area contributed by atoms with Gasteiger partial charge >= 0.3 is 0 Å². The molecule has 1 aromatic carbocycles. The highest BCUT2D eigenvalue weighted by Gasteiger charge is 2.22. The summed E-state index contributed by atoms with van der Waals surface area (Å²) in [4.78, 5) is 2.23. The van der Waals surface area contributed by atoms with Gasteiger partial charge in [-0.15, -0.1) is 0 Å². The van der Waals surface area contributed by atoms with E-state index in [-0.39, 0.29) is 5.54 Å². The average Bonchev–Trinajstić information content (AvgIpc) is 2.04. The second-order valence-electron chi connectivity index (χ2n) is 4.32. The Morgan fingerprint density at radius 3 is 1.85 bits per heavy atom. The Morgan fingerprint density at radius 2 is 1.46 bits per heavy atom. The van der Waals surface area contributed by atoms with Crippen molar-refractivity contribution in [3.8, 4) is 0 Å². The predicted molar refractivity (Wildman–Crippen MR) is 57.9 cm³/mol. The topological polar surface area (TPSA) is 3.24 Å². The molecule has 0 spiro atoms. The Bertz CT molecular complexity index is 270. The molecule has 1 heteroatoms. The zero-order chi connectivity index (χ0) is 10.1. The monoisotopic (exact) mass is 177 g/mol. The highest BCUT2D eigenvalue weighted by molar-refractivity contribution is 5.26. The van der Waals surface area contributed by atoms with Gasteiger partial charge in [-0.25, -0.2) is 0 Å². The number of hydrogen-bond acceptors (Lipinski definition) is 1.